The Kier molecular flexibility index (Phi) is 3.92. The van der Waals surface area contributed by atoms with Crippen molar-refractivity contribution in [3.63, 3.8) is 0 Å². The summed E-state index contributed by atoms with van der Waals surface area (Å²) in [6.07, 6.45) is 5.02. The van der Waals surface area contributed by atoms with E-state index in [0.29, 0.717) is 25.3 Å². The highest BCUT2D eigenvalue weighted by Gasteiger charge is 2.26. The summed E-state index contributed by atoms with van der Waals surface area (Å²) in [7, 11) is 0. The fourth-order valence-corrected chi connectivity index (χ4v) is 2.39. The Balaban J connectivity index is 1.74. The molecule has 1 aliphatic heterocycles. The Labute approximate surface area is 123 Å². The topological polar surface area (TPSA) is 55.3 Å². The summed E-state index contributed by atoms with van der Waals surface area (Å²) in [6, 6.07) is 7.52. The van der Waals surface area contributed by atoms with Gasteiger partial charge in [-0.2, -0.15) is 0 Å². The molecule has 0 spiro atoms. The van der Waals surface area contributed by atoms with Crippen LogP contribution >= 0.6 is 0 Å². The van der Waals surface area contributed by atoms with Crippen molar-refractivity contribution in [3.05, 3.63) is 59.7 Å². The molecule has 0 bridgehead atoms. The maximum atomic E-state index is 12.5. The zero-order chi connectivity index (χ0) is 14.7. The highest BCUT2D eigenvalue weighted by Crippen LogP contribution is 2.22. The zero-order valence-electron chi connectivity index (χ0n) is 11.9. The van der Waals surface area contributed by atoms with Crippen molar-refractivity contribution in [1.82, 2.24) is 14.9 Å². The van der Waals surface area contributed by atoms with Gasteiger partial charge >= 0.3 is 0 Å². The number of pyridine rings is 2. The van der Waals surface area contributed by atoms with Crippen LogP contribution in [0.5, 0.6) is 0 Å². The third-order valence-electron chi connectivity index (χ3n) is 3.59. The zero-order valence-corrected chi connectivity index (χ0v) is 11.9. The summed E-state index contributed by atoms with van der Waals surface area (Å²) >= 11 is 0. The second kappa shape index (κ2) is 6.01. The monoisotopic (exact) mass is 283 g/mol. The first-order chi connectivity index (χ1) is 10.2. The molecule has 1 saturated heterocycles. The van der Waals surface area contributed by atoms with Gasteiger partial charge in [0.05, 0.1) is 18.7 Å². The summed E-state index contributed by atoms with van der Waals surface area (Å²) in [6.45, 7) is 3.60. The highest BCUT2D eigenvalue weighted by atomic mass is 16.5. The van der Waals surface area contributed by atoms with Crippen LogP contribution in [-0.4, -0.2) is 40.5 Å². The van der Waals surface area contributed by atoms with Crippen LogP contribution in [0.2, 0.25) is 0 Å². The van der Waals surface area contributed by atoms with Crippen LogP contribution in [0, 0.1) is 6.92 Å². The molecule has 2 aromatic rings. The summed E-state index contributed by atoms with van der Waals surface area (Å²) in [5.41, 5.74) is 2.57. The van der Waals surface area contributed by atoms with Crippen molar-refractivity contribution in [2.24, 2.45) is 0 Å². The van der Waals surface area contributed by atoms with Gasteiger partial charge in [0, 0.05) is 30.8 Å². The molecule has 0 N–H and O–H groups in total. The van der Waals surface area contributed by atoms with Gasteiger partial charge in [0.15, 0.2) is 0 Å². The van der Waals surface area contributed by atoms with E-state index in [-0.39, 0.29) is 12.0 Å². The minimum Gasteiger partial charge on any atom is -0.370 e. The number of carbonyl (C=O) groups is 1. The van der Waals surface area contributed by atoms with Gasteiger partial charge in [-0.1, -0.05) is 0 Å². The molecule has 0 aromatic carbocycles. The molecular weight excluding hydrogens is 266 g/mol. The smallest absolute Gasteiger partial charge is 0.255 e. The average molecular weight is 283 g/mol. The first-order valence-corrected chi connectivity index (χ1v) is 6.97. The Morgan fingerprint density at radius 1 is 1.29 bits per heavy atom. The van der Waals surface area contributed by atoms with Gasteiger partial charge in [-0.15, -0.1) is 0 Å². The van der Waals surface area contributed by atoms with E-state index < -0.39 is 0 Å². The summed E-state index contributed by atoms with van der Waals surface area (Å²) in [4.78, 5) is 22.5. The Bertz CT molecular complexity index is 613. The Morgan fingerprint density at radius 3 is 2.81 bits per heavy atom. The van der Waals surface area contributed by atoms with Gasteiger partial charge in [-0.05, 0) is 36.8 Å². The molecule has 1 amide bonds. The summed E-state index contributed by atoms with van der Waals surface area (Å²) in [5, 5.41) is 0. The molecule has 3 rings (SSSR count). The van der Waals surface area contributed by atoms with Crippen molar-refractivity contribution in [2.75, 3.05) is 19.7 Å². The Morgan fingerprint density at radius 2 is 2.10 bits per heavy atom. The van der Waals surface area contributed by atoms with Crippen LogP contribution < -0.4 is 0 Å². The third-order valence-corrected chi connectivity index (χ3v) is 3.59. The number of nitrogens with zero attached hydrogens (tertiary/aromatic N) is 3. The average Bonchev–Trinajstić information content (AvgIpc) is 2.56. The van der Waals surface area contributed by atoms with Crippen molar-refractivity contribution in [3.8, 4) is 0 Å². The standard InChI is InChI=1S/C16H17N3O2/c1-12-2-3-14(10-18-12)16(20)19-8-9-21-15(11-19)13-4-6-17-7-5-13/h2-7,10,15H,8-9,11H2,1H3/t15-/m1/s1. The number of ether oxygens (including phenoxy) is 1. The maximum Gasteiger partial charge on any atom is 0.255 e. The van der Waals surface area contributed by atoms with E-state index in [1.165, 1.54) is 0 Å². The minimum absolute atomic E-state index is 0.00450. The minimum atomic E-state index is -0.0934. The first kappa shape index (κ1) is 13.7. The van der Waals surface area contributed by atoms with Crippen LogP contribution in [0.3, 0.4) is 0 Å². The second-order valence-electron chi connectivity index (χ2n) is 5.08. The summed E-state index contributed by atoms with van der Waals surface area (Å²) < 4.78 is 5.76. The molecule has 0 aliphatic carbocycles. The van der Waals surface area contributed by atoms with Gasteiger partial charge < -0.3 is 9.64 Å². The van der Waals surface area contributed by atoms with Crippen LogP contribution in [0.1, 0.15) is 27.7 Å². The van der Waals surface area contributed by atoms with E-state index in [1.54, 1.807) is 18.6 Å². The van der Waals surface area contributed by atoms with E-state index in [4.69, 9.17) is 4.74 Å². The number of rotatable bonds is 2. The molecule has 0 saturated carbocycles. The lowest BCUT2D eigenvalue weighted by atomic mass is 10.1. The van der Waals surface area contributed by atoms with E-state index in [0.717, 1.165) is 11.3 Å². The van der Waals surface area contributed by atoms with Crippen LogP contribution in [0.25, 0.3) is 0 Å². The molecule has 21 heavy (non-hydrogen) atoms. The number of aromatic nitrogens is 2. The summed E-state index contributed by atoms with van der Waals surface area (Å²) in [5.74, 6) is 0.00450. The Hall–Kier alpha value is -2.27. The molecule has 1 atom stereocenters. The molecule has 1 fully saturated rings. The van der Waals surface area contributed by atoms with Gasteiger partial charge in [-0.25, -0.2) is 0 Å². The van der Waals surface area contributed by atoms with Crippen molar-refractivity contribution in [1.29, 1.82) is 0 Å². The number of amides is 1. The van der Waals surface area contributed by atoms with Gasteiger partial charge in [-0.3, -0.25) is 14.8 Å². The largest absolute Gasteiger partial charge is 0.370 e. The lowest BCUT2D eigenvalue weighted by molar-refractivity contribution is -0.0228. The van der Waals surface area contributed by atoms with E-state index in [2.05, 4.69) is 9.97 Å². The number of morpholine rings is 1. The molecular formula is C16H17N3O2. The predicted octanol–water partition coefficient (Wildman–Crippen LogP) is 2.00. The van der Waals surface area contributed by atoms with Crippen LogP contribution in [0.4, 0.5) is 0 Å². The molecule has 3 heterocycles. The maximum absolute atomic E-state index is 12.5. The number of carbonyl (C=O) groups excluding carboxylic acids is 1. The highest BCUT2D eigenvalue weighted by molar-refractivity contribution is 5.94. The predicted molar refractivity (Wildman–Crippen MR) is 77.8 cm³/mol. The van der Waals surface area contributed by atoms with E-state index in [1.807, 2.05) is 36.1 Å². The van der Waals surface area contributed by atoms with Crippen molar-refractivity contribution < 1.29 is 9.53 Å². The SMILES string of the molecule is Cc1ccc(C(=O)N2CCO[C@@H](c3ccncc3)C2)cn1. The normalized spacial score (nSPS) is 18.5. The fraction of sp³-hybridized carbons (Fsp3) is 0.312. The van der Waals surface area contributed by atoms with Crippen LogP contribution in [-0.2, 0) is 4.74 Å². The van der Waals surface area contributed by atoms with Gasteiger partial charge in [0.25, 0.3) is 5.91 Å². The molecule has 5 nitrogen and oxygen atoms in total. The quantitative estimate of drug-likeness (QED) is 0.846. The molecule has 108 valence electrons. The number of hydrogen-bond acceptors (Lipinski definition) is 4. The van der Waals surface area contributed by atoms with Crippen LogP contribution in [0.15, 0.2) is 42.9 Å². The number of aryl methyl sites for hydroxylation is 1. The molecule has 0 unspecified atom stereocenters. The molecule has 5 heteroatoms. The second-order valence-corrected chi connectivity index (χ2v) is 5.08. The lowest BCUT2D eigenvalue weighted by Crippen LogP contribution is -2.42. The van der Waals surface area contributed by atoms with Crippen molar-refractivity contribution >= 4 is 5.91 Å². The lowest BCUT2D eigenvalue weighted by Gasteiger charge is -2.33. The van der Waals surface area contributed by atoms with E-state index >= 15 is 0 Å². The van der Waals surface area contributed by atoms with Gasteiger partial charge in [0.2, 0.25) is 0 Å². The molecule has 2 aromatic heterocycles. The number of hydrogen-bond donors (Lipinski definition) is 0. The first-order valence-electron chi connectivity index (χ1n) is 6.97. The van der Waals surface area contributed by atoms with Gasteiger partial charge in [0.1, 0.15) is 6.10 Å². The molecule has 0 radical (unpaired) electrons. The van der Waals surface area contributed by atoms with E-state index in [9.17, 15) is 4.79 Å². The molecule has 1 aliphatic rings. The third kappa shape index (κ3) is 3.08. The fourth-order valence-electron chi connectivity index (χ4n) is 2.39. The van der Waals surface area contributed by atoms with Crippen molar-refractivity contribution in [2.45, 2.75) is 13.0 Å².